The van der Waals surface area contributed by atoms with Gasteiger partial charge in [0.15, 0.2) is 6.61 Å². The van der Waals surface area contributed by atoms with Crippen molar-refractivity contribution in [3.05, 3.63) is 83.9 Å². The first-order valence-corrected chi connectivity index (χ1v) is 13.8. The minimum Gasteiger partial charge on any atom is -0.497 e. The number of ether oxygens (including phenoxy) is 3. The van der Waals surface area contributed by atoms with Crippen LogP contribution in [0.1, 0.15) is 31.9 Å². The third-order valence-corrected chi connectivity index (χ3v) is 7.10. The topological polar surface area (TPSA) is 124 Å². The lowest BCUT2D eigenvalue weighted by atomic mass is 10.2. The van der Waals surface area contributed by atoms with E-state index in [0.29, 0.717) is 22.7 Å². The van der Waals surface area contributed by atoms with Crippen LogP contribution in [0, 0.1) is 6.92 Å². The number of amides is 1. The number of nitrogens with one attached hydrogen (secondary N) is 1. The van der Waals surface area contributed by atoms with Crippen LogP contribution in [0.2, 0.25) is 0 Å². The summed E-state index contributed by atoms with van der Waals surface area (Å²) in [6, 6.07) is 19.4. The summed E-state index contributed by atoms with van der Waals surface area (Å²) in [5, 5.41) is 3.95. The maximum absolute atomic E-state index is 13.5. The molecule has 0 aromatic heterocycles. The Kier molecular flexibility index (Phi) is 9.89. The monoisotopic (exact) mass is 567 g/mol. The number of carbonyl (C=O) groups excluding carboxylic acids is 2. The lowest BCUT2D eigenvalue weighted by molar-refractivity contribution is -0.157. The van der Waals surface area contributed by atoms with E-state index in [0.717, 1.165) is 9.87 Å². The van der Waals surface area contributed by atoms with Crippen molar-refractivity contribution in [3.8, 4) is 11.5 Å². The molecule has 0 radical (unpaired) electrons. The summed E-state index contributed by atoms with van der Waals surface area (Å²) >= 11 is 0. The highest BCUT2D eigenvalue weighted by Gasteiger charge is 2.27. The predicted octanol–water partition coefficient (Wildman–Crippen LogP) is 4.07. The standard InChI is InChI=1S/C29H33N3O7S/c1-21-6-10-23(11-7-21)32(40(35,36)26-16-14-24(37-5)15-17-26)19-27(33)31-30-18-22-8-12-25(13-9-22)38-20-28(34)39-29(2,3)4/h6-18H,19-20H2,1-5H3,(H,31,33)/b30-18-. The molecule has 0 fully saturated rings. The molecule has 212 valence electrons. The highest BCUT2D eigenvalue weighted by Crippen LogP contribution is 2.25. The van der Waals surface area contributed by atoms with E-state index in [4.69, 9.17) is 14.2 Å². The van der Waals surface area contributed by atoms with E-state index in [1.54, 1.807) is 81.4 Å². The highest BCUT2D eigenvalue weighted by molar-refractivity contribution is 7.92. The van der Waals surface area contributed by atoms with Crippen LogP contribution in [0.15, 0.2) is 82.8 Å². The Hall–Kier alpha value is -4.38. The van der Waals surface area contributed by atoms with Crippen LogP contribution in [0.3, 0.4) is 0 Å². The first kappa shape index (κ1) is 30.2. The zero-order chi connectivity index (χ0) is 29.3. The summed E-state index contributed by atoms with van der Waals surface area (Å²) in [6.45, 7) is 6.49. The quantitative estimate of drug-likeness (QED) is 0.210. The van der Waals surface area contributed by atoms with Gasteiger partial charge in [-0.2, -0.15) is 5.10 Å². The number of hydrazone groups is 1. The number of esters is 1. The SMILES string of the molecule is COc1ccc(S(=O)(=O)N(CC(=O)N/N=C\c2ccc(OCC(=O)OC(C)(C)C)cc2)c2ccc(C)cc2)cc1. The van der Waals surface area contributed by atoms with Crippen LogP contribution in [0.25, 0.3) is 0 Å². The number of benzene rings is 3. The number of aryl methyl sites for hydroxylation is 1. The Morgan fingerprint density at radius 2 is 1.52 bits per heavy atom. The maximum Gasteiger partial charge on any atom is 0.344 e. The second-order valence-electron chi connectivity index (χ2n) is 9.76. The van der Waals surface area contributed by atoms with Crippen molar-refractivity contribution < 1.29 is 32.2 Å². The van der Waals surface area contributed by atoms with E-state index < -0.39 is 34.0 Å². The fourth-order valence-corrected chi connectivity index (χ4v) is 4.83. The summed E-state index contributed by atoms with van der Waals surface area (Å²) in [7, 11) is -2.58. The maximum atomic E-state index is 13.5. The molecule has 0 saturated carbocycles. The fourth-order valence-electron chi connectivity index (χ4n) is 3.41. The molecule has 3 rings (SSSR count). The number of methoxy groups -OCH3 is 1. The summed E-state index contributed by atoms with van der Waals surface area (Å²) in [4.78, 5) is 24.6. The minimum absolute atomic E-state index is 0.0131. The second-order valence-corrected chi connectivity index (χ2v) is 11.6. The molecule has 0 aliphatic rings. The van der Waals surface area contributed by atoms with Crippen LogP contribution in [-0.4, -0.2) is 52.4 Å². The number of hydrogen-bond donors (Lipinski definition) is 1. The Bertz CT molecular complexity index is 1430. The van der Waals surface area contributed by atoms with E-state index in [9.17, 15) is 18.0 Å². The molecule has 0 unspecified atom stereocenters. The summed E-state index contributed by atoms with van der Waals surface area (Å²) in [5.41, 5.74) is 3.70. The zero-order valence-electron chi connectivity index (χ0n) is 23.1. The normalized spacial score (nSPS) is 11.6. The average Bonchev–Trinajstić information content (AvgIpc) is 2.91. The largest absolute Gasteiger partial charge is 0.497 e. The van der Waals surface area contributed by atoms with Crippen LogP contribution in [0.5, 0.6) is 11.5 Å². The lowest BCUT2D eigenvalue weighted by Gasteiger charge is -2.24. The smallest absolute Gasteiger partial charge is 0.344 e. The number of hydrogen-bond acceptors (Lipinski definition) is 8. The molecule has 3 aromatic rings. The van der Waals surface area contributed by atoms with E-state index in [-0.39, 0.29) is 11.5 Å². The van der Waals surface area contributed by atoms with Gasteiger partial charge in [-0.3, -0.25) is 9.10 Å². The van der Waals surface area contributed by atoms with Gasteiger partial charge in [-0.05, 0) is 93.9 Å². The van der Waals surface area contributed by atoms with Gasteiger partial charge < -0.3 is 14.2 Å². The molecule has 0 heterocycles. The number of sulfonamides is 1. The van der Waals surface area contributed by atoms with Crippen molar-refractivity contribution in [2.45, 2.75) is 38.2 Å². The third kappa shape index (κ3) is 8.84. The lowest BCUT2D eigenvalue weighted by Crippen LogP contribution is -2.39. The van der Waals surface area contributed by atoms with Crippen molar-refractivity contribution in [3.63, 3.8) is 0 Å². The van der Waals surface area contributed by atoms with Crippen LogP contribution < -0.4 is 19.2 Å². The van der Waals surface area contributed by atoms with Gasteiger partial charge in [-0.15, -0.1) is 0 Å². The zero-order valence-corrected chi connectivity index (χ0v) is 23.9. The summed E-state index contributed by atoms with van der Waals surface area (Å²) in [6.07, 6.45) is 1.41. The molecule has 0 spiro atoms. The van der Waals surface area contributed by atoms with Crippen LogP contribution in [0.4, 0.5) is 5.69 Å². The van der Waals surface area contributed by atoms with Crippen LogP contribution in [-0.2, 0) is 24.3 Å². The Balaban J connectivity index is 1.65. The molecule has 0 bridgehead atoms. The molecule has 10 nitrogen and oxygen atoms in total. The van der Waals surface area contributed by atoms with Gasteiger partial charge in [0.25, 0.3) is 15.9 Å². The first-order valence-electron chi connectivity index (χ1n) is 12.4. The van der Waals surface area contributed by atoms with Crippen molar-refractivity contribution in [1.29, 1.82) is 0 Å². The Labute approximate surface area is 234 Å². The van der Waals surface area contributed by atoms with Crippen molar-refractivity contribution in [2.75, 3.05) is 24.6 Å². The van der Waals surface area contributed by atoms with Gasteiger partial charge >= 0.3 is 5.97 Å². The van der Waals surface area contributed by atoms with Crippen LogP contribution >= 0.6 is 0 Å². The third-order valence-electron chi connectivity index (χ3n) is 5.32. The average molecular weight is 568 g/mol. The van der Waals surface area contributed by atoms with Crippen molar-refractivity contribution in [1.82, 2.24) is 5.43 Å². The van der Waals surface area contributed by atoms with Gasteiger partial charge in [-0.25, -0.2) is 18.6 Å². The Morgan fingerprint density at radius 1 is 0.925 bits per heavy atom. The molecule has 0 saturated heterocycles. The highest BCUT2D eigenvalue weighted by atomic mass is 32.2. The number of carbonyl (C=O) groups is 2. The molecule has 0 atom stereocenters. The number of anilines is 1. The van der Waals surface area contributed by atoms with Gasteiger partial charge in [0.05, 0.1) is 23.9 Å². The molecule has 40 heavy (non-hydrogen) atoms. The molecule has 0 aliphatic carbocycles. The molecule has 0 aliphatic heterocycles. The minimum atomic E-state index is -4.07. The van der Waals surface area contributed by atoms with Gasteiger partial charge in [0, 0.05) is 0 Å². The van der Waals surface area contributed by atoms with Gasteiger partial charge in [-0.1, -0.05) is 17.7 Å². The van der Waals surface area contributed by atoms with E-state index in [1.807, 2.05) is 6.92 Å². The molecular weight excluding hydrogens is 534 g/mol. The van der Waals surface area contributed by atoms with E-state index in [2.05, 4.69) is 10.5 Å². The molecule has 3 aromatic carbocycles. The van der Waals surface area contributed by atoms with Gasteiger partial charge in [0.2, 0.25) is 0 Å². The fraction of sp³-hybridized carbons (Fsp3) is 0.276. The molecule has 1 N–H and O–H groups in total. The van der Waals surface area contributed by atoms with E-state index >= 15 is 0 Å². The molecule has 11 heteroatoms. The second kappa shape index (κ2) is 13.1. The Morgan fingerprint density at radius 3 is 2.10 bits per heavy atom. The van der Waals surface area contributed by atoms with Gasteiger partial charge in [0.1, 0.15) is 23.6 Å². The predicted molar refractivity (Wildman–Crippen MR) is 152 cm³/mol. The molecular formula is C29H33N3O7S. The number of rotatable bonds is 11. The van der Waals surface area contributed by atoms with Crippen molar-refractivity contribution >= 4 is 33.8 Å². The number of nitrogens with zero attached hydrogens (tertiary/aromatic N) is 2. The first-order chi connectivity index (χ1) is 18.9. The molecule has 1 amide bonds. The van der Waals surface area contributed by atoms with Crippen molar-refractivity contribution in [2.24, 2.45) is 5.10 Å². The van der Waals surface area contributed by atoms with E-state index in [1.165, 1.54) is 25.5 Å². The summed E-state index contributed by atoms with van der Waals surface area (Å²) < 4.78 is 43.7. The summed E-state index contributed by atoms with van der Waals surface area (Å²) in [5.74, 6) is -0.138.